The van der Waals surface area contributed by atoms with Crippen molar-refractivity contribution in [3.63, 3.8) is 0 Å². The van der Waals surface area contributed by atoms with Crippen molar-refractivity contribution in [1.82, 2.24) is 9.62 Å². The summed E-state index contributed by atoms with van der Waals surface area (Å²) in [6, 6.07) is 2.32. The second-order valence-electron chi connectivity index (χ2n) is 5.57. The van der Waals surface area contributed by atoms with Gasteiger partial charge in [0.2, 0.25) is 10.0 Å². The molecule has 0 aliphatic carbocycles. The summed E-state index contributed by atoms with van der Waals surface area (Å²) < 4.78 is 56.3. The molecule has 0 bridgehead atoms. The van der Waals surface area contributed by atoms with E-state index in [4.69, 9.17) is 4.74 Å². The van der Waals surface area contributed by atoms with Crippen molar-refractivity contribution in [1.29, 1.82) is 0 Å². The van der Waals surface area contributed by atoms with Crippen LogP contribution in [-0.2, 0) is 14.8 Å². The molecule has 128 valence electrons. The van der Waals surface area contributed by atoms with E-state index in [1.807, 2.05) is 0 Å². The fourth-order valence-electron chi connectivity index (χ4n) is 2.23. The molecule has 1 N–H and O–H groups in total. The van der Waals surface area contributed by atoms with E-state index >= 15 is 0 Å². The van der Waals surface area contributed by atoms with Crippen LogP contribution in [0, 0.1) is 17.6 Å². The van der Waals surface area contributed by atoms with Crippen molar-refractivity contribution < 1.29 is 26.7 Å². The lowest BCUT2D eigenvalue weighted by Crippen LogP contribution is -2.43. The Kier molecular flexibility index (Phi) is 5.33. The molecular formula is C14H18F2N2O4S. The standard InChI is InChI=1S/C14H18F2N2O4S/c1-18(2)23(20,21)8-10-6-22-7-13(10)17-14(19)9-3-4-11(15)12(16)5-9/h3-5,10,13H,6-8H2,1-2H3,(H,17,19)/t10-,13+/m0/s1. The quantitative estimate of drug-likeness (QED) is 0.846. The van der Waals surface area contributed by atoms with E-state index in [9.17, 15) is 22.0 Å². The molecule has 0 spiro atoms. The average molecular weight is 348 g/mol. The predicted molar refractivity (Wildman–Crippen MR) is 79.4 cm³/mol. The number of nitrogens with zero attached hydrogens (tertiary/aromatic N) is 1. The summed E-state index contributed by atoms with van der Waals surface area (Å²) in [4.78, 5) is 12.1. The molecular weight excluding hydrogens is 330 g/mol. The molecule has 9 heteroatoms. The zero-order valence-corrected chi connectivity index (χ0v) is 13.6. The first-order chi connectivity index (χ1) is 10.7. The fraction of sp³-hybridized carbons (Fsp3) is 0.500. The highest BCUT2D eigenvalue weighted by atomic mass is 32.2. The fourth-order valence-corrected chi connectivity index (χ4v) is 3.40. The van der Waals surface area contributed by atoms with Gasteiger partial charge >= 0.3 is 0 Å². The van der Waals surface area contributed by atoms with Gasteiger partial charge in [0.1, 0.15) is 0 Å². The minimum atomic E-state index is -3.43. The van der Waals surface area contributed by atoms with Gasteiger partial charge in [-0.3, -0.25) is 4.79 Å². The van der Waals surface area contributed by atoms with Gasteiger partial charge in [0.25, 0.3) is 5.91 Å². The van der Waals surface area contributed by atoms with Crippen LogP contribution in [-0.4, -0.2) is 57.7 Å². The SMILES string of the molecule is CN(C)S(=O)(=O)C[C@@H]1COC[C@H]1NC(=O)c1ccc(F)c(F)c1. The molecule has 1 saturated heterocycles. The highest BCUT2D eigenvalue weighted by Crippen LogP contribution is 2.18. The molecule has 0 unspecified atom stereocenters. The van der Waals surface area contributed by atoms with Crippen LogP contribution in [0.2, 0.25) is 0 Å². The Balaban J connectivity index is 2.06. The van der Waals surface area contributed by atoms with Gasteiger partial charge < -0.3 is 10.1 Å². The van der Waals surface area contributed by atoms with Gasteiger partial charge in [0.05, 0.1) is 25.0 Å². The van der Waals surface area contributed by atoms with Crippen LogP contribution in [0.25, 0.3) is 0 Å². The molecule has 1 aromatic rings. The number of hydrogen-bond acceptors (Lipinski definition) is 4. The summed E-state index contributed by atoms with van der Waals surface area (Å²) in [5.74, 6) is -3.33. The van der Waals surface area contributed by atoms with Crippen molar-refractivity contribution >= 4 is 15.9 Å². The van der Waals surface area contributed by atoms with Crippen molar-refractivity contribution in [3.8, 4) is 0 Å². The number of amides is 1. The molecule has 2 rings (SSSR count). The minimum Gasteiger partial charge on any atom is -0.379 e. The van der Waals surface area contributed by atoms with E-state index in [0.29, 0.717) is 0 Å². The van der Waals surface area contributed by atoms with Crippen molar-refractivity contribution in [2.75, 3.05) is 33.1 Å². The summed E-state index contributed by atoms with van der Waals surface area (Å²) in [7, 11) is -0.574. The van der Waals surface area contributed by atoms with Crippen molar-refractivity contribution in [2.24, 2.45) is 5.92 Å². The van der Waals surface area contributed by atoms with Crippen LogP contribution in [0.1, 0.15) is 10.4 Å². The Bertz CT molecular complexity index is 694. The summed E-state index contributed by atoms with van der Waals surface area (Å²) in [5, 5.41) is 2.62. The lowest BCUT2D eigenvalue weighted by molar-refractivity contribution is 0.0925. The van der Waals surface area contributed by atoms with Crippen LogP contribution < -0.4 is 5.32 Å². The zero-order valence-electron chi connectivity index (χ0n) is 12.8. The number of sulfonamides is 1. The third-order valence-corrected chi connectivity index (χ3v) is 5.64. The number of hydrogen-bond donors (Lipinski definition) is 1. The van der Waals surface area contributed by atoms with E-state index in [0.717, 1.165) is 22.5 Å². The number of carbonyl (C=O) groups excluding carboxylic acids is 1. The molecule has 6 nitrogen and oxygen atoms in total. The molecule has 1 aromatic carbocycles. The average Bonchev–Trinajstić information content (AvgIpc) is 2.88. The van der Waals surface area contributed by atoms with Gasteiger partial charge in [-0.2, -0.15) is 0 Å². The lowest BCUT2D eigenvalue weighted by Gasteiger charge is -2.21. The second kappa shape index (κ2) is 6.90. The monoisotopic (exact) mass is 348 g/mol. The van der Waals surface area contributed by atoms with E-state index in [1.165, 1.54) is 14.1 Å². The third kappa shape index (κ3) is 4.24. The number of nitrogens with one attached hydrogen (secondary N) is 1. The predicted octanol–water partition coefficient (Wildman–Crippen LogP) is 0.601. The number of halogens is 2. The Labute approximate surface area is 133 Å². The number of benzene rings is 1. The van der Waals surface area contributed by atoms with E-state index < -0.39 is 39.5 Å². The highest BCUT2D eigenvalue weighted by Gasteiger charge is 2.34. The number of ether oxygens (including phenoxy) is 1. The molecule has 0 aromatic heterocycles. The molecule has 1 aliphatic rings. The third-order valence-electron chi connectivity index (χ3n) is 3.68. The Hall–Kier alpha value is -1.58. The molecule has 1 amide bonds. The largest absolute Gasteiger partial charge is 0.379 e. The van der Waals surface area contributed by atoms with Gasteiger partial charge in [0, 0.05) is 25.6 Å². The highest BCUT2D eigenvalue weighted by molar-refractivity contribution is 7.89. The summed E-state index contributed by atoms with van der Waals surface area (Å²) in [5.41, 5.74) is -0.0370. The first-order valence-electron chi connectivity index (χ1n) is 6.94. The molecule has 1 fully saturated rings. The number of carbonyl (C=O) groups is 1. The Morgan fingerprint density at radius 3 is 2.61 bits per heavy atom. The van der Waals surface area contributed by atoms with E-state index in [2.05, 4.69) is 5.32 Å². The Morgan fingerprint density at radius 1 is 1.30 bits per heavy atom. The summed E-state index contributed by atoms with van der Waals surface area (Å²) in [6.07, 6.45) is 0. The molecule has 1 aliphatic heterocycles. The maximum atomic E-state index is 13.2. The summed E-state index contributed by atoms with van der Waals surface area (Å²) >= 11 is 0. The topological polar surface area (TPSA) is 75.7 Å². The van der Waals surface area contributed by atoms with Gasteiger partial charge in [-0.05, 0) is 18.2 Å². The Morgan fingerprint density at radius 2 is 2.00 bits per heavy atom. The van der Waals surface area contributed by atoms with Crippen LogP contribution in [0.5, 0.6) is 0 Å². The van der Waals surface area contributed by atoms with Gasteiger partial charge in [-0.25, -0.2) is 21.5 Å². The van der Waals surface area contributed by atoms with Gasteiger partial charge in [-0.1, -0.05) is 0 Å². The molecule has 0 saturated carbocycles. The van der Waals surface area contributed by atoms with Gasteiger partial charge in [0.15, 0.2) is 11.6 Å². The van der Waals surface area contributed by atoms with Crippen LogP contribution >= 0.6 is 0 Å². The van der Waals surface area contributed by atoms with Crippen molar-refractivity contribution in [2.45, 2.75) is 6.04 Å². The maximum Gasteiger partial charge on any atom is 0.251 e. The second-order valence-corrected chi connectivity index (χ2v) is 7.79. The van der Waals surface area contributed by atoms with Crippen LogP contribution in [0.3, 0.4) is 0 Å². The zero-order chi connectivity index (χ0) is 17.2. The minimum absolute atomic E-state index is 0.0370. The molecule has 23 heavy (non-hydrogen) atoms. The van der Waals surface area contributed by atoms with Crippen LogP contribution in [0.4, 0.5) is 8.78 Å². The number of rotatable bonds is 5. The first-order valence-corrected chi connectivity index (χ1v) is 8.55. The maximum absolute atomic E-state index is 13.2. The lowest BCUT2D eigenvalue weighted by atomic mass is 10.1. The van der Waals surface area contributed by atoms with E-state index in [-0.39, 0.29) is 24.5 Å². The first kappa shape index (κ1) is 17.8. The molecule has 1 heterocycles. The van der Waals surface area contributed by atoms with Gasteiger partial charge in [-0.15, -0.1) is 0 Å². The van der Waals surface area contributed by atoms with Crippen LogP contribution in [0.15, 0.2) is 18.2 Å². The summed E-state index contributed by atoms with van der Waals surface area (Å²) in [6.45, 7) is 0.374. The van der Waals surface area contributed by atoms with E-state index in [1.54, 1.807) is 0 Å². The molecule has 2 atom stereocenters. The smallest absolute Gasteiger partial charge is 0.251 e. The van der Waals surface area contributed by atoms with Crippen molar-refractivity contribution in [3.05, 3.63) is 35.4 Å². The normalized spacial score (nSPS) is 21.6. The molecule has 0 radical (unpaired) electrons.